The number of hydrogen-bond donors (Lipinski definition) is 1. The number of fused-ring (bicyclic) bond motifs is 1. The van der Waals surface area contributed by atoms with Crippen molar-refractivity contribution in [1.82, 2.24) is 5.43 Å². The molecule has 0 bridgehead atoms. The van der Waals surface area contributed by atoms with Gasteiger partial charge in [-0.05, 0) is 51.4 Å². The van der Waals surface area contributed by atoms with Crippen molar-refractivity contribution in [2.75, 3.05) is 9.91 Å². The average molecular weight is 580 g/mol. The molecule has 1 aliphatic rings. The third kappa shape index (κ3) is 4.66. The molecule has 1 saturated heterocycles. The minimum atomic E-state index is -0.741. The molecule has 1 aliphatic heterocycles. The van der Waals surface area contributed by atoms with Gasteiger partial charge in [0, 0.05) is 11.1 Å². The number of hydrazine groups is 1. The molecule has 2 atom stereocenters. The number of nitrogens with one attached hydrogen (secondary N) is 1. The van der Waals surface area contributed by atoms with Crippen molar-refractivity contribution in [3.05, 3.63) is 205 Å². The van der Waals surface area contributed by atoms with Crippen LogP contribution in [0.15, 0.2) is 188 Å². The van der Waals surface area contributed by atoms with Crippen molar-refractivity contribution >= 4 is 22.1 Å². The van der Waals surface area contributed by atoms with Crippen LogP contribution in [0.3, 0.4) is 0 Å². The molecule has 7 aromatic rings. The summed E-state index contributed by atoms with van der Waals surface area (Å²) in [5.41, 5.74) is 11.6. The average Bonchev–Trinajstić information content (AvgIpc) is 3.50. The van der Waals surface area contributed by atoms with Gasteiger partial charge < -0.3 is 4.90 Å². The number of nitrogens with zero attached hydrogens (tertiary/aromatic N) is 2. The van der Waals surface area contributed by atoms with Crippen molar-refractivity contribution in [3.63, 3.8) is 0 Å². The van der Waals surface area contributed by atoms with Crippen molar-refractivity contribution in [1.29, 1.82) is 0 Å². The van der Waals surface area contributed by atoms with Gasteiger partial charge in [0.15, 0.2) is 5.66 Å². The fraction of sp³-hybridized carbons (Fsp3) is 0.0476. The minimum Gasteiger partial charge on any atom is -0.318 e. The highest BCUT2D eigenvalue weighted by molar-refractivity contribution is 5.95. The Labute approximate surface area is 264 Å². The van der Waals surface area contributed by atoms with Crippen molar-refractivity contribution < 1.29 is 0 Å². The molecule has 0 amide bonds. The van der Waals surface area contributed by atoms with Crippen LogP contribution in [0.4, 0.5) is 11.4 Å². The van der Waals surface area contributed by atoms with E-state index in [1.54, 1.807) is 0 Å². The van der Waals surface area contributed by atoms with E-state index in [1.807, 2.05) is 0 Å². The van der Waals surface area contributed by atoms with Crippen LogP contribution < -0.4 is 15.3 Å². The van der Waals surface area contributed by atoms with E-state index < -0.39 is 5.66 Å². The predicted molar refractivity (Wildman–Crippen MR) is 187 cm³/mol. The Kier molecular flexibility index (Phi) is 6.86. The number of benzene rings is 7. The molecule has 2 unspecified atom stereocenters. The smallest absolute Gasteiger partial charge is 0.162 e. The summed E-state index contributed by atoms with van der Waals surface area (Å²) in [5.74, 6) is 0. The van der Waals surface area contributed by atoms with E-state index in [9.17, 15) is 0 Å². The highest BCUT2D eigenvalue weighted by atomic mass is 15.7. The highest BCUT2D eigenvalue weighted by Crippen LogP contribution is 2.51. The lowest BCUT2D eigenvalue weighted by Crippen LogP contribution is -2.51. The van der Waals surface area contributed by atoms with Gasteiger partial charge in [-0.3, -0.25) is 5.01 Å². The minimum absolute atomic E-state index is 0.173. The van der Waals surface area contributed by atoms with E-state index in [1.165, 1.54) is 27.5 Å². The molecule has 1 heterocycles. The van der Waals surface area contributed by atoms with E-state index in [-0.39, 0.29) is 6.17 Å². The largest absolute Gasteiger partial charge is 0.318 e. The Morgan fingerprint density at radius 3 is 1.69 bits per heavy atom. The Hall–Kier alpha value is -5.64. The van der Waals surface area contributed by atoms with Crippen molar-refractivity contribution in [3.8, 4) is 11.1 Å². The maximum absolute atomic E-state index is 4.16. The molecule has 3 nitrogen and oxygen atoms in total. The molecule has 1 fully saturated rings. The second-order valence-electron chi connectivity index (χ2n) is 11.5. The van der Waals surface area contributed by atoms with Crippen LogP contribution in [0.25, 0.3) is 21.9 Å². The number of hydrogen-bond acceptors (Lipinski definition) is 3. The third-order valence-electron chi connectivity index (χ3n) is 8.89. The van der Waals surface area contributed by atoms with Crippen LogP contribution >= 0.6 is 0 Å². The van der Waals surface area contributed by atoms with Gasteiger partial charge >= 0.3 is 0 Å². The highest BCUT2D eigenvalue weighted by Gasteiger charge is 2.53. The van der Waals surface area contributed by atoms with Gasteiger partial charge in [0.05, 0.1) is 5.69 Å². The number of para-hydroxylation sites is 1. The summed E-state index contributed by atoms with van der Waals surface area (Å²) in [6, 6.07) is 67.3. The first kappa shape index (κ1) is 26.9. The molecule has 0 radical (unpaired) electrons. The monoisotopic (exact) mass is 579 g/mol. The second kappa shape index (κ2) is 11.5. The standard InChI is InChI=1S/C42H33N3/c1-5-16-32(17-6-1)33-28-30-37(31-29-33)42(36-22-9-3-10-23-36)43-45(40-27-15-21-34-18-13-14-26-39(34)40)41(35-19-7-2-8-20-35)44(42)38-24-11-4-12-25-38/h1-31,41,43H. The quantitative estimate of drug-likeness (QED) is 0.212. The molecule has 0 saturated carbocycles. The first-order valence-corrected chi connectivity index (χ1v) is 15.5. The van der Waals surface area contributed by atoms with Gasteiger partial charge in [-0.15, -0.1) is 0 Å². The fourth-order valence-corrected chi connectivity index (χ4v) is 6.83. The van der Waals surface area contributed by atoms with Gasteiger partial charge in [0.2, 0.25) is 0 Å². The summed E-state index contributed by atoms with van der Waals surface area (Å²) in [7, 11) is 0. The maximum Gasteiger partial charge on any atom is 0.162 e. The van der Waals surface area contributed by atoms with Gasteiger partial charge in [-0.1, -0.05) is 170 Å². The first-order chi connectivity index (χ1) is 22.3. The zero-order valence-electron chi connectivity index (χ0n) is 24.9. The zero-order valence-corrected chi connectivity index (χ0v) is 24.9. The van der Waals surface area contributed by atoms with E-state index in [0.29, 0.717) is 0 Å². The molecule has 7 aromatic carbocycles. The van der Waals surface area contributed by atoms with E-state index in [0.717, 1.165) is 22.5 Å². The molecule has 1 N–H and O–H groups in total. The fourth-order valence-electron chi connectivity index (χ4n) is 6.83. The molecular formula is C42H33N3. The van der Waals surface area contributed by atoms with Crippen molar-refractivity contribution in [2.24, 2.45) is 0 Å². The van der Waals surface area contributed by atoms with Gasteiger partial charge in [0.1, 0.15) is 6.17 Å². The van der Waals surface area contributed by atoms with Crippen LogP contribution in [0.5, 0.6) is 0 Å². The summed E-state index contributed by atoms with van der Waals surface area (Å²) >= 11 is 0. The van der Waals surface area contributed by atoms with Gasteiger partial charge in [-0.25, -0.2) is 0 Å². The maximum atomic E-state index is 4.16. The van der Waals surface area contributed by atoms with Crippen LogP contribution in [0.1, 0.15) is 22.9 Å². The lowest BCUT2D eigenvalue weighted by Gasteiger charge is -2.41. The molecule has 0 spiro atoms. The van der Waals surface area contributed by atoms with Crippen LogP contribution in [0.2, 0.25) is 0 Å². The van der Waals surface area contributed by atoms with Gasteiger partial charge in [0.25, 0.3) is 0 Å². The number of anilines is 2. The third-order valence-corrected chi connectivity index (χ3v) is 8.89. The van der Waals surface area contributed by atoms with E-state index >= 15 is 0 Å². The summed E-state index contributed by atoms with van der Waals surface area (Å²) in [5, 5.41) is 4.78. The van der Waals surface area contributed by atoms with Crippen molar-refractivity contribution in [2.45, 2.75) is 11.8 Å². The SMILES string of the molecule is c1ccc(-c2ccc(C3(c4ccccc4)NN(c4cccc5ccccc45)C(c4ccccc4)N3c3ccccc3)cc2)cc1. The van der Waals surface area contributed by atoms with Crippen LogP contribution in [-0.4, -0.2) is 0 Å². The molecule has 45 heavy (non-hydrogen) atoms. The molecular weight excluding hydrogens is 546 g/mol. The lowest BCUT2D eigenvalue weighted by molar-refractivity contribution is 0.463. The lowest BCUT2D eigenvalue weighted by atomic mass is 9.88. The van der Waals surface area contributed by atoms with Crippen LogP contribution in [0, 0.1) is 0 Å². The zero-order chi connectivity index (χ0) is 30.1. The molecule has 216 valence electrons. The molecule has 8 rings (SSSR count). The summed E-state index contributed by atoms with van der Waals surface area (Å²) in [6.07, 6.45) is -0.173. The summed E-state index contributed by atoms with van der Waals surface area (Å²) in [4.78, 5) is 2.55. The molecule has 0 aromatic heterocycles. The summed E-state index contributed by atoms with van der Waals surface area (Å²) < 4.78 is 0. The Morgan fingerprint density at radius 1 is 0.444 bits per heavy atom. The van der Waals surface area contributed by atoms with E-state index in [4.69, 9.17) is 0 Å². The predicted octanol–water partition coefficient (Wildman–Crippen LogP) is 9.94. The van der Waals surface area contributed by atoms with E-state index in [2.05, 4.69) is 203 Å². The second-order valence-corrected chi connectivity index (χ2v) is 11.5. The topological polar surface area (TPSA) is 18.5 Å². The number of rotatable bonds is 6. The molecule has 0 aliphatic carbocycles. The normalized spacial score (nSPS) is 17.9. The summed E-state index contributed by atoms with van der Waals surface area (Å²) in [6.45, 7) is 0. The van der Waals surface area contributed by atoms with Gasteiger partial charge in [-0.2, -0.15) is 5.43 Å². The Morgan fingerprint density at radius 2 is 0.978 bits per heavy atom. The molecule has 3 heteroatoms. The Balaban J connectivity index is 1.42. The Bertz CT molecular complexity index is 2020. The first-order valence-electron chi connectivity index (χ1n) is 15.5. The van der Waals surface area contributed by atoms with Crippen LogP contribution in [-0.2, 0) is 5.66 Å².